The van der Waals surface area contributed by atoms with Crippen molar-refractivity contribution in [3.63, 3.8) is 0 Å². The first-order chi connectivity index (χ1) is 7.61. The summed E-state index contributed by atoms with van der Waals surface area (Å²) in [6.07, 6.45) is 2.69. The molecule has 0 aliphatic carbocycles. The summed E-state index contributed by atoms with van der Waals surface area (Å²) in [7, 11) is 0. The highest BCUT2D eigenvalue weighted by Crippen LogP contribution is 2.01. The maximum absolute atomic E-state index is 11.4. The molecule has 0 aromatic rings. The molecule has 0 saturated heterocycles. The smallest absolute Gasteiger partial charge is 0.326 e. The maximum atomic E-state index is 11.4. The zero-order chi connectivity index (χ0) is 12.4. The lowest BCUT2D eigenvalue weighted by Crippen LogP contribution is -2.42. The van der Waals surface area contributed by atoms with Crippen molar-refractivity contribution in [3.05, 3.63) is 0 Å². The van der Waals surface area contributed by atoms with Gasteiger partial charge in [0, 0.05) is 13.0 Å². The SMILES string of the molecule is CCNCCC(=O)N[C@H](CCSC)C(=O)O. The standard InChI is InChI=1S/C10H20N2O3S/c1-3-11-6-4-9(13)12-8(10(14)15)5-7-16-2/h8,11H,3-7H2,1-2H3,(H,12,13)(H,14,15)/t8-/m1/s1. The van der Waals surface area contributed by atoms with Crippen LogP contribution in [0.15, 0.2) is 0 Å². The molecule has 0 rings (SSSR count). The van der Waals surface area contributed by atoms with Gasteiger partial charge in [-0.2, -0.15) is 11.8 Å². The molecule has 3 N–H and O–H groups in total. The predicted molar refractivity (Wildman–Crippen MR) is 65.7 cm³/mol. The van der Waals surface area contributed by atoms with Crippen LogP contribution in [0, 0.1) is 0 Å². The third-order valence-corrected chi connectivity index (χ3v) is 2.67. The van der Waals surface area contributed by atoms with E-state index >= 15 is 0 Å². The third-order valence-electron chi connectivity index (χ3n) is 2.02. The Morgan fingerprint density at radius 3 is 2.62 bits per heavy atom. The van der Waals surface area contributed by atoms with Crippen LogP contribution in [0.25, 0.3) is 0 Å². The molecule has 0 spiro atoms. The minimum atomic E-state index is -0.967. The molecular formula is C10H20N2O3S. The zero-order valence-corrected chi connectivity index (χ0v) is 10.6. The van der Waals surface area contributed by atoms with Gasteiger partial charge in [0.1, 0.15) is 6.04 Å². The highest BCUT2D eigenvalue weighted by atomic mass is 32.2. The summed E-state index contributed by atoms with van der Waals surface area (Å²) in [4.78, 5) is 22.2. The highest BCUT2D eigenvalue weighted by Gasteiger charge is 2.18. The van der Waals surface area contributed by atoms with Crippen molar-refractivity contribution in [1.29, 1.82) is 0 Å². The molecule has 0 unspecified atom stereocenters. The second-order valence-corrected chi connectivity index (χ2v) is 4.33. The Bertz CT molecular complexity index is 224. The van der Waals surface area contributed by atoms with Gasteiger partial charge in [-0.15, -0.1) is 0 Å². The Hall–Kier alpha value is -0.750. The van der Waals surface area contributed by atoms with Gasteiger partial charge in [0.25, 0.3) is 0 Å². The molecule has 16 heavy (non-hydrogen) atoms. The summed E-state index contributed by atoms with van der Waals surface area (Å²) in [6, 6.07) is -0.762. The largest absolute Gasteiger partial charge is 0.480 e. The van der Waals surface area contributed by atoms with E-state index in [1.165, 1.54) is 0 Å². The monoisotopic (exact) mass is 248 g/mol. The molecule has 0 radical (unpaired) electrons. The summed E-state index contributed by atoms with van der Waals surface area (Å²) >= 11 is 1.57. The molecule has 0 fully saturated rings. The van der Waals surface area contributed by atoms with E-state index in [1.807, 2.05) is 13.2 Å². The number of hydrogen-bond donors (Lipinski definition) is 3. The molecule has 1 atom stereocenters. The number of thioether (sulfide) groups is 1. The number of aliphatic carboxylic acids is 1. The van der Waals surface area contributed by atoms with Gasteiger partial charge in [-0.25, -0.2) is 4.79 Å². The van der Waals surface area contributed by atoms with Crippen LogP contribution in [0.2, 0.25) is 0 Å². The van der Waals surface area contributed by atoms with Gasteiger partial charge in [-0.3, -0.25) is 4.79 Å². The quantitative estimate of drug-likeness (QED) is 0.512. The molecule has 0 bridgehead atoms. The van der Waals surface area contributed by atoms with Gasteiger partial charge < -0.3 is 15.7 Å². The lowest BCUT2D eigenvalue weighted by molar-refractivity contribution is -0.141. The van der Waals surface area contributed by atoms with Crippen molar-refractivity contribution in [2.45, 2.75) is 25.8 Å². The number of carbonyl (C=O) groups is 2. The minimum absolute atomic E-state index is 0.213. The van der Waals surface area contributed by atoms with E-state index in [-0.39, 0.29) is 5.91 Å². The van der Waals surface area contributed by atoms with Crippen LogP contribution in [-0.2, 0) is 9.59 Å². The number of rotatable bonds is 9. The molecule has 1 amide bonds. The zero-order valence-electron chi connectivity index (χ0n) is 9.78. The van der Waals surface area contributed by atoms with Crippen LogP contribution in [-0.4, -0.2) is 48.1 Å². The fraction of sp³-hybridized carbons (Fsp3) is 0.800. The third kappa shape index (κ3) is 7.53. The number of carboxylic acids is 1. The Labute approximate surface area is 100 Å². The van der Waals surface area contributed by atoms with E-state index < -0.39 is 12.0 Å². The van der Waals surface area contributed by atoms with Gasteiger partial charge in [0.05, 0.1) is 0 Å². The summed E-state index contributed by atoms with van der Waals surface area (Å²) < 4.78 is 0. The van der Waals surface area contributed by atoms with Crippen molar-refractivity contribution >= 4 is 23.6 Å². The Morgan fingerprint density at radius 1 is 1.44 bits per heavy atom. The first kappa shape index (κ1) is 15.2. The van der Waals surface area contributed by atoms with E-state index in [1.54, 1.807) is 11.8 Å². The van der Waals surface area contributed by atoms with Crippen molar-refractivity contribution in [3.8, 4) is 0 Å². The first-order valence-corrected chi connectivity index (χ1v) is 6.73. The summed E-state index contributed by atoms with van der Waals surface area (Å²) in [5.74, 6) is -0.454. The fourth-order valence-electron chi connectivity index (χ4n) is 1.14. The van der Waals surface area contributed by atoms with Gasteiger partial charge in [0.15, 0.2) is 0 Å². The van der Waals surface area contributed by atoms with E-state index in [0.717, 1.165) is 12.3 Å². The lowest BCUT2D eigenvalue weighted by atomic mass is 10.2. The predicted octanol–water partition coefficient (Wildman–Crippen LogP) is 0.309. The molecular weight excluding hydrogens is 228 g/mol. The van der Waals surface area contributed by atoms with Crippen LogP contribution < -0.4 is 10.6 Å². The molecule has 0 saturated carbocycles. The molecule has 94 valence electrons. The molecule has 0 aromatic carbocycles. The van der Waals surface area contributed by atoms with Crippen molar-refractivity contribution in [1.82, 2.24) is 10.6 Å². The Kier molecular flexibility index (Phi) is 9.03. The van der Waals surface area contributed by atoms with Crippen LogP contribution in [0.3, 0.4) is 0 Å². The van der Waals surface area contributed by atoms with Crippen LogP contribution in [0.1, 0.15) is 19.8 Å². The molecule has 0 aliphatic rings. The number of nitrogens with one attached hydrogen (secondary N) is 2. The van der Waals surface area contributed by atoms with Gasteiger partial charge in [-0.05, 0) is 25.0 Å². The Morgan fingerprint density at radius 2 is 2.12 bits per heavy atom. The number of carboxylic acid groups (broad SMARTS) is 1. The van der Waals surface area contributed by atoms with Crippen LogP contribution in [0.5, 0.6) is 0 Å². The normalized spacial score (nSPS) is 12.1. The number of carbonyl (C=O) groups excluding carboxylic acids is 1. The van der Waals surface area contributed by atoms with Crippen molar-refractivity contribution in [2.75, 3.05) is 25.1 Å². The second kappa shape index (κ2) is 9.47. The van der Waals surface area contributed by atoms with E-state index in [2.05, 4.69) is 10.6 Å². The van der Waals surface area contributed by atoms with Crippen molar-refractivity contribution < 1.29 is 14.7 Å². The van der Waals surface area contributed by atoms with Crippen molar-refractivity contribution in [2.24, 2.45) is 0 Å². The van der Waals surface area contributed by atoms with Gasteiger partial charge in [-0.1, -0.05) is 6.92 Å². The molecule has 0 heterocycles. The van der Waals surface area contributed by atoms with E-state index in [4.69, 9.17) is 5.11 Å². The Balaban J connectivity index is 3.88. The fourth-order valence-corrected chi connectivity index (χ4v) is 1.61. The number of amides is 1. The average Bonchev–Trinajstić information content (AvgIpc) is 2.24. The summed E-state index contributed by atoms with van der Waals surface area (Å²) in [5, 5.41) is 14.4. The average molecular weight is 248 g/mol. The maximum Gasteiger partial charge on any atom is 0.326 e. The summed E-state index contributed by atoms with van der Waals surface area (Å²) in [6.45, 7) is 3.34. The highest BCUT2D eigenvalue weighted by molar-refractivity contribution is 7.98. The lowest BCUT2D eigenvalue weighted by Gasteiger charge is -2.13. The first-order valence-electron chi connectivity index (χ1n) is 5.33. The summed E-state index contributed by atoms with van der Waals surface area (Å²) in [5.41, 5.74) is 0. The van der Waals surface area contributed by atoms with Gasteiger partial charge in [0.2, 0.25) is 5.91 Å². The number of hydrogen-bond acceptors (Lipinski definition) is 4. The molecule has 5 nitrogen and oxygen atoms in total. The van der Waals surface area contributed by atoms with E-state index in [9.17, 15) is 9.59 Å². The second-order valence-electron chi connectivity index (χ2n) is 3.34. The van der Waals surface area contributed by atoms with Gasteiger partial charge >= 0.3 is 5.97 Å². The molecule has 6 heteroatoms. The minimum Gasteiger partial charge on any atom is -0.480 e. The van der Waals surface area contributed by atoms with E-state index in [0.29, 0.717) is 19.4 Å². The van der Waals surface area contributed by atoms with Crippen LogP contribution in [0.4, 0.5) is 0 Å². The van der Waals surface area contributed by atoms with Crippen LogP contribution >= 0.6 is 11.8 Å². The molecule has 0 aliphatic heterocycles. The molecule has 0 aromatic heterocycles. The topological polar surface area (TPSA) is 78.4 Å².